The highest BCUT2D eigenvalue weighted by Crippen LogP contribution is 2.29. The van der Waals surface area contributed by atoms with E-state index in [1.54, 1.807) is 0 Å². The van der Waals surface area contributed by atoms with Gasteiger partial charge >= 0.3 is 0 Å². The molecule has 94 valence electrons. The zero-order valence-corrected chi connectivity index (χ0v) is 10.2. The number of aryl methyl sites for hydroxylation is 1. The van der Waals surface area contributed by atoms with Crippen LogP contribution in [0.4, 0.5) is 0 Å². The van der Waals surface area contributed by atoms with Gasteiger partial charge in [0, 0.05) is 19.1 Å². The molecule has 0 saturated heterocycles. The largest absolute Gasteiger partial charge is 0.464 e. The van der Waals surface area contributed by atoms with Crippen molar-refractivity contribution in [3.8, 4) is 0 Å². The molecule has 0 radical (unpaired) electrons. The van der Waals surface area contributed by atoms with Crippen molar-refractivity contribution in [2.45, 2.75) is 45.2 Å². The number of rotatable bonds is 6. The van der Waals surface area contributed by atoms with E-state index in [2.05, 4.69) is 0 Å². The highest BCUT2D eigenvalue weighted by Gasteiger charge is 2.32. The summed E-state index contributed by atoms with van der Waals surface area (Å²) >= 11 is 0. The fourth-order valence-corrected chi connectivity index (χ4v) is 1.92. The van der Waals surface area contributed by atoms with Gasteiger partial charge in [0.05, 0.1) is 6.54 Å². The van der Waals surface area contributed by atoms with Gasteiger partial charge in [0.15, 0.2) is 0 Å². The van der Waals surface area contributed by atoms with Crippen molar-refractivity contribution in [2.24, 2.45) is 0 Å². The second-order valence-corrected chi connectivity index (χ2v) is 4.59. The van der Waals surface area contributed by atoms with Crippen LogP contribution in [0.1, 0.15) is 37.2 Å². The Morgan fingerprint density at radius 1 is 1.53 bits per heavy atom. The summed E-state index contributed by atoms with van der Waals surface area (Å²) in [4.78, 5) is 13.9. The summed E-state index contributed by atoms with van der Waals surface area (Å²) in [5, 5.41) is 8.75. The van der Waals surface area contributed by atoms with Crippen LogP contribution in [-0.2, 0) is 11.3 Å². The number of hydrogen-bond acceptors (Lipinski definition) is 3. The second-order valence-electron chi connectivity index (χ2n) is 4.59. The Hall–Kier alpha value is -1.29. The summed E-state index contributed by atoms with van der Waals surface area (Å²) in [5.41, 5.74) is 0. The molecular weight excluding hydrogens is 218 g/mol. The SMILES string of the molecule is Cc1ccc(CN(C(=O)CCCO)C2CC2)o1. The zero-order chi connectivity index (χ0) is 12.3. The molecule has 0 bridgehead atoms. The van der Waals surface area contributed by atoms with E-state index in [1.165, 1.54) is 0 Å². The smallest absolute Gasteiger partial charge is 0.223 e. The quantitative estimate of drug-likeness (QED) is 0.821. The van der Waals surface area contributed by atoms with Crippen LogP contribution >= 0.6 is 0 Å². The van der Waals surface area contributed by atoms with Crippen molar-refractivity contribution in [1.82, 2.24) is 4.90 Å². The highest BCUT2D eigenvalue weighted by molar-refractivity contribution is 5.76. The minimum absolute atomic E-state index is 0.0735. The molecule has 1 amide bonds. The maximum atomic E-state index is 12.0. The topological polar surface area (TPSA) is 53.7 Å². The van der Waals surface area contributed by atoms with Crippen molar-refractivity contribution in [2.75, 3.05) is 6.61 Å². The molecule has 0 aromatic carbocycles. The van der Waals surface area contributed by atoms with E-state index in [0.29, 0.717) is 25.4 Å². The molecule has 1 aliphatic carbocycles. The minimum Gasteiger partial charge on any atom is -0.464 e. The van der Waals surface area contributed by atoms with Gasteiger partial charge in [-0.1, -0.05) is 0 Å². The third-order valence-electron chi connectivity index (χ3n) is 2.98. The summed E-state index contributed by atoms with van der Waals surface area (Å²) in [6.45, 7) is 2.53. The molecule has 17 heavy (non-hydrogen) atoms. The minimum atomic E-state index is 0.0735. The second kappa shape index (κ2) is 5.36. The number of amides is 1. The number of aliphatic hydroxyl groups is 1. The van der Waals surface area contributed by atoms with Gasteiger partial charge in [0.2, 0.25) is 5.91 Å². The first kappa shape index (κ1) is 12.2. The van der Waals surface area contributed by atoms with Crippen LogP contribution in [0.15, 0.2) is 16.5 Å². The van der Waals surface area contributed by atoms with E-state index < -0.39 is 0 Å². The lowest BCUT2D eigenvalue weighted by Crippen LogP contribution is -2.32. The van der Waals surface area contributed by atoms with Crippen molar-refractivity contribution in [3.63, 3.8) is 0 Å². The van der Waals surface area contributed by atoms with Gasteiger partial charge in [-0.25, -0.2) is 0 Å². The van der Waals surface area contributed by atoms with Crippen molar-refractivity contribution < 1.29 is 14.3 Å². The highest BCUT2D eigenvalue weighted by atomic mass is 16.3. The summed E-state index contributed by atoms with van der Waals surface area (Å²) in [7, 11) is 0. The molecule has 0 atom stereocenters. The molecule has 1 aliphatic rings. The average molecular weight is 237 g/mol. The Morgan fingerprint density at radius 2 is 2.29 bits per heavy atom. The molecule has 0 spiro atoms. The van der Waals surface area contributed by atoms with Gasteiger partial charge in [-0.15, -0.1) is 0 Å². The zero-order valence-electron chi connectivity index (χ0n) is 10.2. The van der Waals surface area contributed by atoms with E-state index in [4.69, 9.17) is 9.52 Å². The number of nitrogens with zero attached hydrogens (tertiary/aromatic N) is 1. The van der Waals surface area contributed by atoms with Gasteiger partial charge < -0.3 is 14.4 Å². The third kappa shape index (κ3) is 3.33. The fourth-order valence-electron chi connectivity index (χ4n) is 1.92. The molecule has 0 unspecified atom stereocenters. The van der Waals surface area contributed by atoms with Crippen LogP contribution in [0.2, 0.25) is 0 Å². The lowest BCUT2D eigenvalue weighted by molar-refractivity contribution is -0.133. The molecule has 2 rings (SSSR count). The molecule has 4 heteroatoms. The molecule has 1 N–H and O–H groups in total. The van der Waals surface area contributed by atoms with Gasteiger partial charge in [-0.05, 0) is 38.3 Å². The Bertz CT molecular complexity index is 382. The summed E-state index contributed by atoms with van der Waals surface area (Å²) < 4.78 is 5.50. The molecular formula is C13H19NO3. The Morgan fingerprint density at radius 3 is 2.82 bits per heavy atom. The molecule has 1 saturated carbocycles. The number of carbonyl (C=O) groups is 1. The van der Waals surface area contributed by atoms with E-state index in [1.807, 2.05) is 24.0 Å². The molecule has 4 nitrogen and oxygen atoms in total. The number of hydrogen-bond donors (Lipinski definition) is 1. The van der Waals surface area contributed by atoms with Crippen LogP contribution < -0.4 is 0 Å². The predicted molar refractivity (Wildman–Crippen MR) is 63.3 cm³/mol. The van der Waals surface area contributed by atoms with E-state index >= 15 is 0 Å². The van der Waals surface area contributed by atoms with Crippen molar-refractivity contribution in [3.05, 3.63) is 23.7 Å². The monoisotopic (exact) mass is 237 g/mol. The van der Waals surface area contributed by atoms with Gasteiger partial charge in [0.25, 0.3) is 0 Å². The number of furan rings is 1. The van der Waals surface area contributed by atoms with Gasteiger partial charge in [-0.3, -0.25) is 4.79 Å². The maximum absolute atomic E-state index is 12.0. The molecule has 1 aromatic rings. The molecule has 1 heterocycles. The Kier molecular flexibility index (Phi) is 3.84. The van der Waals surface area contributed by atoms with Gasteiger partial charge in [0.1, 0.15) is 11.5 Å². The van der Waals surface area contributed by atoms with Crippen molar-refractivity contribution >= 4 is 5.91 Å². The van der Waals surface area contributed by atoms with Crippen molar-refractivity contribution in [1.29, 1.82) is 0 Å². The first-order valence-electron chi connectivity index (χ1n) is 6.16. The summed E-state index contributed by atoms with van der Waals surface area (Å²) in [6, 6.07) is 4.22. The number of aliphatic hydroxyl groups excluding tert-OH is 1. The molecule has 1 aromatic heterocycles. The van der Waals surface area contributed by atoms with E-state index in [0.717, 1.165) is 24.4 Å². The van der Waals surface area contributed by atoms with Crippen LogP contribution in [0.25, 0.3) is 0 Å². The van der Waals surface area contributed by atoms with Crippen LogP contribution in [0.5, 0.6) is 0 Å². The fraction of sp³-hybridized carbons (Fsp3) is 0.615. The van der Waals surface area contributed by atoms with Crippen LogP contribution in [-0.4, -0.2) is 28.6 Å². The average Bonchev–Trinajstić information content (AvgIpc) is 3.07. The van der Waals surface area contributed by atoms with E-state index in [9.17, 15) is 4.79 Å². The first-order valence-corrected chi connectivity index (χ1v) is 6.16. The maximum Gasteiger partial charge on any atom is 0.223 e. The summed E-state index contributed by atoms with van der Waals surface area (Å²) in [6.07, 6.45) is 3.14. The third-order valence-corrected chi connectivity index (χ3v) is 2.98. The number of carbonyl (C=O) groups excluding carboxylic acids is 1. The van der Waals surface area contributed by atoms with Crippen LogP contribution in [0.3, 0.4) is 0 Å². The standard InChI is InChI=1S/C13H19NO3/c1-10-4-7-12(17-10)9-14(11-5-6-11)13(16)3-2-8-15/h4,7,11,15H,2-3,5-6,8-9H2,1H3. The Labute approximate surface area is 101 Å². The predicted octanol–water partition coefficient (Wildman–Crippen LogP) is 1.85. The Balaban J connectivity index is 1.95. The van der Waals surface area contributed by atoms with Crippen LogP contribution in [0, 0.1) is 6.92 Å². The van der Waals surface area contributed by atoms with E-state index in [-0.39, 0.29) is 12.5 Å². The first-order chi connectivity index (χ1) is 8.20. The normalized spacial score (nSPS) is 14.9. The summed E-state index contributed by atoms with van der Waals surface area (Å²) in [5.74, 6) is 1.83. The lowest BCUT2D eigenvalue weighted by atomic mass is 10.2. The lowest BCUT2D eigenvalue weighted by Gasteiger charge is -2.21. The molecule has 0 aliphatic heterocycles. The van der Waals surface area contributed by atoms with Gasteiger partial charge in [-0.2, -0.15) is 0 Å². The molecule has 1 fully saturated rings.